The number of anilines is 1. The average Bonchev–Trinajstić information content (AvgIpc) is 3.16. The van der Waals surface area contributed by atoms with Gasteiger partial charge in [-0.15, -0.1) is 0 Å². The van der Waals surface area contributed by atoms with E-state index in [9.17, 15) is 19.2 Å². The smallest absolute Gasteiger partial charge is 0.306 e. The number of nitrogens with zero attached hydrogens (tertiary/aromatic N) is 1. The van der Waals surface area contributed by atoms with Crippen LogP contribution in [0.4, 0.5) is 5.69 Å². The van der Waals surface area contributed by atoms with Crippen molar-refractivity contribution in [2.45, 2.75) is 25.7 Å². The summed E-state index contributed by atoms with van der Waals surface area (Å²) in [5.41, 5.74) is 1.71. The molecule has 1 saturated heterocycles. The molecule has 1 amide bonds. The Kier molecular flexibility index (Phi) is 6.32. The highest BCUT2D eigenvalue weighted by atomic mass is 16.5. The van der Waals surface area contributed by atoms with E-state index in [0.29, 0.717) is 24.1 Å². The molecule has 6 heteroatoms. The van der Waals surface area contributed by atoms with Crippen LogP contribution in [0, 0.1) is 0 Å². The van der Waals surface area contributed by atoms with E-state index in [1.807, 2.05) is 6.07 Å². The summed E-state index contributed by atoms with van der Waals surface area (Å²) in [4.78, 5) is 49.4. The molecule has 0 spiro atoms. The molecule has 0 unspecified atom stereocenters. The number of carbonyl (C=O) groups is 4. The summed E-state index contributed by atoms with van der Waals surface area (Å²) in [6.07, 6.45) is 1.35. The zero-order chi connectivity index (χ0) is 19.9. The van der Waals surface area contributed by atoms with E-state index in [1.165, 1.54) is 0 Å². The Morgan fingerprint density at radius 2 is 1.54 bits per heavy atom. The largest absolute Gasteiger partial charge is 0.457 e. The zero-order valence-corrected chi connectivity index (χ0v) is 15.4. The van der Waals surface area contributed by atoms with Crippen LogP contribution in [0.15, 0.2) is 54.6 Å². The van der Waals surface area contributed by atoms with E-state index in [2.05, 4.69) is 0 Å². The molecule has 144 valence electrons. The van der Waals surface area contributed by atoms with Gasteiger partial charge in [0.25, 0.3) is 0 Å². The highest BCUT2D eigenvalue weighted by Gasteiger charge is 2.21. The van der Waals surface area contributed by atoms with Crippen LogP contribution in [0.3, 0.4) is 0 Å². The van der Waals surface area contributed by atoms with Gasteiger partial charge in [0.15, 0.2) is 18.2 Å². The van der Waals surface area contributed by atoms with Gasteiger partial charge in [0.05, 0.1) is 6.42 Å². The lowest BCUT2D eigenvalue weighted by molar-refractivity contribution is -0.142. The summed E-state index contributed by atoms with van der Waals surface area (Å²) in [6, 6.07) is 15.4. The van der Waals surface area contributed by atoms with Crippen LogP contribution in [-0.4, -0.2) is 36.6 Å². The molecule has 6 nitrogen and oxygen atoms in total. The van der Waals surface area contributed by atoms with E-state index in [4.69, 9.17) is 4.74 Å². The van der Waals surface area contributed by atoms with Gasteiger partial charge in [0, 0.05) is 36.2 Å². The normalized spacial score (nSPS) is 13.4. The quantitative estimate of drug-likeness (QED) is 0.520. The second-order valence-electron chi connectivity index (χ2n) is 6.57. The van der Waals surface area contributed by atoms with E-state index in [1.54, 1.807) is 53.4 Å². The Labute approximate surface area is 163 Å². The second-order valence-corrected chi connectivity index (χ2v) is 6.57. The van der Waals surface area contributed by atoms with E-state index >= 15 is 0 Å². The van der Waals surface area contributed by atoms with Gasteiger partial charge in [0.1, 0.15) is 0 Å². The molecule has 0 N–H and O–H groups in total. The first kappa shape index (κ1) is 19.5. The maximum Gasteiger partial charge on any atom is 0.306 e. The monoisotopic (exact) mass is 379 g/mol. The lowest BCUT2D eigenvalue weighted by atomic mass is 10.1. The molecular weight excluding hydrogens is 358 g/mol. The lowest BCUT2D eigenvalue weighted by Gasteiger charge is -2.15. The van der Waals surface area contributed by atoms with Crippen molar-refractivity contribution >= 4 is 29.1 Å². The minimum Gasteiger partial charge on any atom is -0.457 e. The maximum atomic E-state index is 12.2. The van der Waals surface area contributed by atoms with Crippen LogP contribution in [-0.2, 0) is 14.3 Å². The Balaban J connectivity index is 1.45. The SMILES string of the molecule is O=C(CCC(=O)c1ccccc1)OCC(=O)c1ccc(N2CCCC2=O)cc1. The van der Waals surface area contributed by atoms with Crippen molar-refractivity contribution in [2.24, 2.45) is 0 Å². The summed E-state index contributed by atoms with van der Waals surface area (Å²) in [5.74, 6) is -0.979. The topological polar surface area (TPSA) is 80.8 Å². The molecular formula is C22H21NO5. The Morgan fingerprint density at radius 3 is 2.18 bits per heavy atom. The number of hydrogen-bond donors (Lipinski definition) is 0. The first-order valence-electron chi connectivity index (χ1n) is 9.22. The first-order chi connectivity index (χ1) is 13.5. The molecule has 0 aromatic heterocycles. The molecule has 28 heavy (non-hydrogen) atoms. The number of ketones is 2. The minimum absolute atomic E-state index is 0.0373. The van der Waals surface area contributed by atoms with Crippen LogP contribution < -0.4 is 4.90 Å². The van der Waals surface area contributed by atoms with Gasteiger partial charge in [0.2, 0.25) is 5.91 Å². The molecule has 1 aliphatic heterocycles. The van der Waals surface area contributed by atoms with Gasteiger partial charge in [-0.05, 0) is 30.7 Å². The number of esters is 1. The standard InChI is InChI=1S/C22H21NO5/c24-19(16-5-2-1-3-6-16)12-13-22(27)28-15-20(25)17-8-10-18(11-9-17)23-14-4-7-21(23)26/h1-3,5-6,8-11H,4,7,12-15H2. The third-order valence-corrected chi connectivity index (χ3v) is 4.59. The van der Waals surface area contributed by atoms with Gasteiger partial charge in [-0.2, -0.15) is 0 Å². The summed E-state index contributed by atoms with van der Waals surface area (Å²) < 4.78 is 4.99. The first-order valence-corrected chi connectivity index (χ1v) is 9.22. The summed E-state index contributed by atoms with van der Waals surface area (Å²) in [5, 5.41) is 0. The van der Waals surface area contributed by atoms with Crippen molar-refractivity contribution in [3.8, 4) is 0 Å². The molecule has 0 atom stereocenters. The molecule has 1 heterocycles. The molecule has 2 aromatic rings. The molecule has 0 aliphatic carbocycles. The molecule has 1 aliphatic rings. The third-order valence-electron chi connectivity index (χ3n) is 4.59. The number of carbonyl (C=O) groups excluding carboxylic acids is 4. The fourth-order valence-corrected chi connectivity index (χ4v) is 3.03. The van der Waals surface area contributed by atoms with Gasteiger partial charge in [-0.25, -0.2) is 0 Å². The molecule has 0 saturated carbocycles. The van der Waals surface area contributed by atoms with E-state index in [0.717, 1.165) is 12.1 Å². The number of benzene rings is 2. The predicted molar refractivity (Wildman–Crippen MR) is 103 cm³/mol. The van der Waals surface area contributed by atoms with Crippen molar-refractivity contribution in [2.75, 3.05) is 18.1 Å². The Morgan fingerprint density at radius 1 is 0.857 bits per heavy atom. The van der Waals surface area contributed by atoms with Gasteiger partial charge in [-0.1, -0.05) is 30.3 Å². The number of amides is 1. The van der Waals surface area contributed by atoms with Crippen LogP contribution in [0.25, 0.3) is 0 Å². The van der Waals surface area contributed by atoms with E-state index < -0.39 is 5.97 Å². The zero-order valence-electron chi connectivity index (χ0n) is 15.4. The fourth-order valence-electron chi connectivity index (χ4n) is 3.03. The van der Waals surface area contributed by atoms with Crippen molar-refractivity contribution in [1.29, 1.82) is 0 Å². The molecule has 3 rings (SSSR count). The van der Waals surface area contributed by atoms with E-state index in [-0.39, 0.29) is 36.9 Å². The second kappa shape index (κ2) is 9.08. The Hall–Kier alpha value is -3.28. The van der Waals surface area contributed by atoms with Crippen molar-refractivity contribution < 1.29 is 23.9 Å². The van der Waals surface area contributed by atoms with Gasteiger partial charge >= 0.3 is 5.97 Å². The van der Waals surface area contributed by atoms with Crippen molar-refractivity contribution in [3.05, 3.63) is 65.7 Å². The summed E-state index contributed by atoms with van der Waals surface area (Å²) in [7, 11) is 0. The van der Waals surface area contributed by atoms with Crippen LogP contribution in [0.1, 0.15) is 46.4 Å². The van der Waals surface area contributed by atoms with Crippen molar-refractivity contribution in [1.82, 2.24) is 0 Å². The summed E-state index contributed by atoms with van der Waals surface area (Å²) in [6.45, 7) is 0.311. The molecule has 0 bridgehead atoms. The van der Waals surface area contributed by atoms with Crippen LogP contribution >= 0.6 is 0 Å². The fraction of sp³-hybridized carbons (Fsp3) is 0.273. The van der Waals surface area contributed by atoms with Crippen LogP contribution in [0.5, 0.6) is 0 Å². The average molecular weight is 379 g/mol. The predicted octanol–water partition coefficient (Wildman–Crippen LogP) is 3.20. The molecule has 2 aromatic carbocycles. The minimum atomic E-state index is -0.586. The lowest BCUT2D eigenvalue weighted by Crippen LogP contribution is -2.23. The number of rotatable bonds is 8. The van der Waals surface area contributed by atoms with Crippen molar-refractivity contribution in [3.63, 3.8) is 0 Å². The summed E-state index contributed by atoms with van der Waals surface area (Å²) >= 11 is 0. The number of ether oxygens (including phenoxy) is 1. The third kappa shape index (κ3) is 4.91. The number of Topliss-reactive ketones (excluding diaryl/α,β-unsaturated/α-hetero) is 2. The number of hydrogen-bond acceptors (Lipinski definition) is 5. The maximum absolute atomic E-state index is 12.2. The molecule has 0 radical (unpaired) electrons. The Bertz CT molecular complexity index is 874. The van der Waals surface area contributed by atoms with Crippen LogP contribution in [0.2, 0.25) is 0 Å². The van der Waals surface area contributed by atoms with Gasteiger partial charge < -0.3 is 9.64 Å². The molecule has 1 fully saturated rings. The highest BCUT2D eigenvalue weighted by molar-refractivity contribution is 6.00. The van der Waals surface area contributed by atoms with Gasteiger partial charge in [-0.3, -0.25) is 19.2 Å². The highest BCUT2D eigenvalue weighted by Crippen LogP contribution is 2.21.